The summed E-state index contributed by atoms with van der Waals surface area (Å²) >= 11 is 0. The number of fused-ring (bicyclic) bond motifs is 1. The molecule has 0 saturated heterocycles. The number of aromatic nitrogens is 1. The second-order valence-electron chi connectivity index (χ2n) is 9.22. The number of ether oxygens (including phenoxy) is 1. The number of ketones is 1. The van der Waals surface area contributed by atoms with Gasteiger partial charge in [0.15, 0.2) is 0 Å². The molecule has 3 N–H and O–H groups in total. The number of rotatable bonds is 13. The predicted molar refractivity (Wildman–Crippen MR) is 147 cm³/mol. The molecule has 0 unspecified atom stereocenters. The van der Waals surface area contributed by atoms with Crippen LogP contribution in [-0.2, 0) is 22.4 Å². The number of primary amides is 1. The number of unbranched alkanes of at least 4 members (excludes halogenated alkanes) is 2. The van der Waals surface area contributed by atoms with Gasteiger partial charge in [0.2, 0.25) is 0 Å². The molecule has 38 heavy (non-hydrogen) atoms. The van der Waals surface area contributed by atoms with Crippen LogP contribution in [0.4, 0.5) is 0 Å². The first-order valence-electron chi connectivity index (χ1n) is 12.9. The summed E-state index contributed by atoms with van der Waals surface area (Å²) in [4.78, 5) is 35.7. The molecule has 0 bridgehead atoms. The van der Waals surface area contributed by atoms with E-state index >= 15 is 0 Å². The van der Waals surface area contributed by atoms with E-state index in [9.17, 15) is 14.4 Å². The third-order valence-corrected chi connectivity index (χ3v) is 6.69. The quantitative estimate of drug-likeness (QED) is 0.141. The Hall–Kier alpha value is -4.39. The minimum Gasteiger partial charge on any atom is -0.493 e. The Bertz CT molecular complexity index is 1460. The minimum absolute atomic E-state index is 0.144. The zero-order chi connectivity index (χ0) is 27.1. The van der Waals surface area contributed by atoms with Crippen LogP contribution in [0.15, 0.2) is 72.9 Å². The van der Waals surface area contributed by atoms with Gasteiger partial charge >= 0.3 is 5.97 Å². The van der Waals surface area contributed by atoms with Gasteiger partial charge in [0, 0.05) is 30.8 Å². The molecule has 2 aromatic carbocycles. The second-order valence-corrected chi connectivity index (χ2v) is 9.22. The van der Waals surface area contributed by atoms with Crippen molar-refractivity contribution < 1.29 is 24.2 Å². The van der Waals surface area contributed by atoms with Crippen molar-refractivity contribution in [1.82, 2.24) is 4.40 Å². The van der Waals surface area contributed by atoms with Gasteiger partial charge in [-0.1, -0.05) is 61.5 Å². The molecule has 4 aromatic rings. The van der Waals surface area contributed by atoms with E-state index in [0.29, 0.717) is 49.1 Å². The lowest BCUT2D eigenvalue weighted by Gasteiger charge is -2.12. The number of aliphatic carboxylic acids is 1. The fourth-order valence-corrected chi connectivity index (χ4v) is 4.89. The molecule has 2 heterocycles. The van der Waals surface area contributed by atoms with E-state index < -0.39 is 17.7 Å². The van der Waals surface area contributed by atoms with Gasteiger partial charge in [-0.2, -0.15) is 0 Å². The number of Topliss-reactive ketones (excluding diaryl/α,β-unsaturated/α-hetero) is 1. The summed E-state index contributed by atoms with van der Waals surface area (Å²) < 4.78 is 7.86. The molecule has 1 amide bonds. The molecule has 0 atom stereocenters. The summed E-state index contributed by atoms with van der Waals surface area (Å²) in [7, 11) is 0. The molecule has 7 heteroatoms. The first kappa shape index (κ1) is 26.7. The molecule has 0 aliphatic heterocycles. The smallest absolute Gasteiger partial charge is 0.303 e. The highest BCUT2D eigenvalue weighted by Crippen LogP contribution is 2.32. The van der Waals surface area contributed by atoms with Crippen LogP contribution in [0.1, 0.15) is 59.8 Å². The zero-order valence-corrected chi connectivity index (χ0v) is 21.5. The van der Waals surface area contributed by atoms with E-state index in [4.69, 9.17) is 15.6 Å². The Morgan fingerprint density at radius 2 is 1.68 bits per heavy atom. The maximum Gasteiger partial charge on any atom is 0.303 e. The maximum atomic E-state index is 13.0. The molecule has 0 aliphatic carbocycles. The Balaban J connectivity index is 1.70. The van der Waals surface area contributed by atoms with Crippen molar-refractivity contribution >= 4 is 23.2 Å². The normalized spacial score (nSPS) is 11.0. The highest BCUT2D eigenvalue weighted by Gasteiger charge is 2.26. The fraction of sp³-hybridized carbons (Fsp3) is 0.258. The average molecular weight is 513 g/mol. The van der Waals surface area contributed by atoms with Crippen molar-refractivity contribution in [2.45, 2.75) is 45.4 Å². The van der Waals surface area contributed by atoms with Crippen molar-refractivity contribution in [2.75, 3.05) is 6.61 Å². The molecule has 0 spiro atoms. The van der Waals surface area contributed by atoms with Crippen molar-refractivity contribution in [1.29, 1.82) is 0 Å². The van der Waals surface area contributed by atoms with Crippen LogP contribution >= 0.6 is 0 Å². The van der Waals surface area contributed by atoms with Crippen LogP contribution < -0.4 is 10.5 Å². The number of carbonyl (C=O) groups excluding carboxylic acids is 2. The Morgan fingerprint density at radius 3 is 2.39 bits per heavy atom. The van der Waals surface area contributed by atoms with E-state index in [1.165, 1.54) is 0 Å². The van der Waals surface area contributed by atoms with Crippen LogP contribution in [0, 0.1) is 0 Å². The molecule has 2 aromatic heterocycles. The summed E-state index contributed by atoms with van der Waals surface area (Å²) in [5.74, 6) is -1.93. The fourth-order valence-electron chi connectivity index (χ4n) is 4.89. The van der Waals surface area contributed by atoms with Crippen LogP contribution in [0.3, 0.4) is 0 Å². The van der Waals surface area contributed by atoms with Gasteiger partial charge in [0.25, 0.3) is 11.7 Å². The standard InChI is InChI=1S/C31H32N2O5/c1-2-24-26(19-22-13-8-9-14-25(22)21-11-5-3-6-12-21)33-17-16-23(38-18-10-4-7-15-28(34)35)20-27(33)29(24)30(36)31(32)37/h3,5-6,8-9,11-14,16-17,20H,2,4,7,10,15,18-19H2,1H3,(H2,32,37)(H,34,35). The molecule has 0 saturated carbocycles. The number of carboxylic acid groups (broad SMARTS) is 1. The van der Waals surface area contributed by atoms with Gasteiger partial charge in [-0.3, -0.25) is 14.4 Å². The lowest BCUT2D eigenvalue weighted by atomic mass is 9.94. The number of hydrogen-bond donors (Lipinski definition) is 2. The van der Waals surface area contributed by atoms with Crippen LogP contribution in [0.5, 0.6) is 5.75 Å². The monoisotopic (exact) mass is 512 g/mol. The second kappa shape index (κ2) is 12.2. The number of nitrogens with two attached hydrogens (primary N) is 1. The van der Waals surface area contributed by atoms with E-state index in [2.05, 4.69) is 24.3 Å². The van der Waals surface area contributed by atoms with Crippen molar-refractivity contribution in [2.24, 2.45) is 5.73 Å². The van der Waals surface area contributed by atoms with E-state index in [1.54, 1.807) is 6.07 Å². The average Bonchev–Trinajstić information content (AvgIpc) is 3.23. The number of hydrogen-bond acceptors (Lipinski definition) is 4. The third kappa shape index (κ3) is 5.94. The first-order chi connectivity index (χ1) is 18.4. The number of amides is 1. The van der Waals surface area contributed by atoms with Crippen molar-refractivity contribution in [3.63, 3.8) is 0 Å². The van der Waals surface area contributed by atoms with Crippen LogP contribution in [0.25, 0.3) is 16.6 Å². The first-order valence-corrected chi connectivity index (χ1v) is 12.9. The number of carboxylic acids is 1. The van der Waals surface area contributed by atoms with Gasteiger partial charge in [-0.05, 0) is 54.0 Å². The zero-order valence-electron chi connectivity index (χ0n) is 21.5. The maximum absolute atomic E-state index is 13.0. The molecule has 196 valence electrons. The largest absolute Gasteiger partial charge is 0.493 e. The van der Waals surface area contributed by atoms with Gasteiger partial charge in [-0.15, -0.1) is 0 Å². The lowest BCUT2D eigenvalue weighted by molar-refractivity contribution is -0.137. The summed E-state index contributed by atoms with van der Waals surface area (Å²) in [6.07, 6.45) is 5.19. The summed E-state index contributed by atoms with van der Waals surface area (Å²) in [6.45, 7) is 2.39. The Labute approximate surface area is 221 Å². The van der Waals surface area contributed by atoms with E-state index in [-0.39, 0.29) is 6.42 Å². The molecule has 0 fully saturated rings. The summed E-state index contributed by atoms with van der Waals surface area (Å²) in [6, 6.07) is 21.9. The lowest BCUT2D eigenvalue weighted by Crippen LogP contribution is -2.24. The molecular formula is C31H32N2O5. The van der Waals surface area contributed by atoms with E-state index in [0.717, 1.165) is 34.4 Å². The number of carbonyl (C=O) groups is 3. The molecule has 0 radical (unpaired) electrons. The minimum atomic E-state index is -0.992. The third-order valence-electron chi connectivity index (χ3n) is 6.69. The van der Waals surface area contributed by atoms with Crippen LogP contribution in [0.2, 0.25) is 0 Å². The molecule has 4 rings (SSSR count). The topological polar surface area (TPSA) is 111 Å². The number of pyridine rings is 1. The SMILES string of the molecule is CCc1c(C(=O)C(N)=O)c2cc(OCCCCCC(=O)O)ccn2c1Cc1ccccc1-c1ccccc1. The van der Waals surface area contributed by atoms with Crippen molar-refractivity contribution in [3.05, 3.63) is 95.3 Å². The molecule has 0 aliphatic rings. The Kier molecular flexibility index (Phi) is 8.58. The predicted octanol–water partition coefficient (Wildman–Crippen LogP) is 5.45. The highest BCUT2D eigenvalue weighted by atomic mass is 16.5. The van der Waals surface area contributed by atoms with Gasteiger partial charge < -0.3 is 20.0 Å². The van der Waals surface area contributed by atoms with Crippen LogP contribution in [-0.4, -0.2) is 33.8 Å². The van der Waals surface area contributed by atoms with E-state index in [1.807, 2.05) is 53.9 Å². The molecular weight excluding hydrogens is 480 g/mol. The van der Waals surface area contributed by atoms with Gasteiger partial charge in [0.1, 0.15) is 5.75 Å². The molecule has 7 nitrogen and oxygen atoms in total. The van der Waals surface area contributed by atoms with Gasteiger partial charge in [0.05, 0.1) is 17.7 Å². The number of nitrogens with zero attached hydrogens (tertiary/aromatic N) is 1. The Morgan fingerprint density at radius 1 is 0.947 bits per heavy atom. The summed E-state index contributed by atoms with van der Waals surface area (Å²) in [5, 5.41) is 8.78. The highest BCUT2D eigenvalue weighted by molar-refractivity contribution is 6.44. The number of benzene rings is 2. The van der Waals surface area contributed by atoms with Crippen molar-refractivity contribution in [3.8, 4) is 16.9 Å². The summed E-state index contributed by atoms with van der Waals surface area (Å²) in [5.41, 5.74) is 11.4. The van der Waals surface area contributed by atoms with Gasteiger partial charge in [-0.25, -0.2) is 0 Å².